The number of para-hydroxylation sites is 1. The van der Waals surface area contributed by atoms with Crippen molar-refractivity contribution in [3.05, 3.63) is 60.4 Å². The molecule has 28 heavy (non-hydrogen) atoms. The van der Waals surface area contributed by atoms with E-state index >= 15 is 0 Å². The van der Waals surface area contributed by atoms with Gasteiger partial charge in [0, 0.05) is 18.8 Å². The van der Waals surface area contributed by atoms with Crippen LogP contribution in [-0.4, -0.2) is 37.2 Å². The fourth-order valence-corrected chi connectivity index (χ4v) is 2.75. The molecule has 0 aliphatic heterocycles. The zero-order valence-electron chi connectivity index (χ0n) is 15.8. The smallest absolute Gasteiger partial charge is 0.339 e. The maximum atomic E-state index is 12.1. The lowest BCUT2D eigenvalue weighted by atomic mass is 10.1. The highest BCUT2D eigenvalue weighted by Gasteiger charge is 2.19. The fraction of sp³-hybridized carbons (Fsp3) is 0.150. The Hall–Kier alpha value is -3.81. The van der Waals surface area contributed by atoms with Crippen molar-refractivity contribution in [1.82, 2.24) is 9.97 Å². The molecule has 3 rings (SSSR count). The molecule has 0 aliphatic rings. The lowest BCUT2D eigenvalue weighted by molar-refractivity contribution is 0.0601. The molecule has 0 bridgehead atoms. The number of benzene rings is 2. The summed E-state index contributed by atoms with van der Waals surface area (Å²) in [5, 5.41) is 3.17. The highest BCUT2D eigenvalue weighted by atomic mass is 16.5. The number of aromatic nitrogens is 2. The molecule has 0 radical (unpaired) electrons. The Morgan fingerprint density at radius 2 is 1.89 bits per heavy atom. The standard InChI is InChI=1S/C20H21N5O3/c1-25(16-10-5-4-9-15(16)20(26)28-3)19-17(21)18(22-12-23-19)24-13-7-6-8-14(11-13)27-2/h4-12H,21H2,1-3H3,(H,22,23,24). The molecule has 3 N–H and O–H groups in total. The monoisotopic (exact) mass is 379 g/mol. The van der Waals surface area contributed by atoms with Gasteiger partial charge in [0.05, 0.1) is 25.5 Å². The fourth-order valence-electron chi connectivity index (χ4n) is 2.75. The number of nitrogens with two attached hydrogens (primary N) is 1. The van der Waals surface area contributed by atoms with Crippen molar-refractivity contribution in [2.24, 2.45) is 0 Å². The van der Waals surface area contributed by atoms with Crippen LogP contribution in [0.1, 0.15) is 10.4 Å². The summed E-state index contributed by atoms with van der Waals surface area (Å²) in [5.41, 5.74) is 8.46. The molecule has 144 valence electrons. The van der Waals surface area contributed by atoms with E-state index in [4.69, 9.17) is 15.2 Å². The van der Waals surface area contributed by atoms with Crippen LogP contribution in [0.2, 0.25) is 0 Å². The summed E-state index contributed by atoms with van der Waals surface area (Å²) in [6.07, 6.45) is 1.41. The number of carbonyl (C=O) groups is 1. The van der Waals surface area contributed by atoms with Gasteiger partial charge in [0.1, 0.15) is 17.8 Å². The van der Waals surface area contributed by atoms with Crippen molar-refractivity contribution in [2.75, 3.05) is 37.2 Å². The molecule has 0 atom stereocenters. The van der Waals surface area contributed by atoms with Gasteiger partial charge in [-0.3, -0.25) is 0 Å². The average molecular weight is 379 g/mol. The van der Waals surface area contributed by atoms with Gasteiger partial charge in [0.25, 0.3) is 0 Å². The zero-order valence-corrected chi connectivity index (χ0v) is 15.8. The second-order valence-electron chi connectivity index (χ2n) is 5.88. The van der Waals surface area contributed by atoms with Crippen LogP contribution in [0, 0.1) is 0 Å². The topological polar surface area (TPSA) is 103 Å². The minimum absolute atomic E-state index is 0.340. The minimum atomic E-state index is -0.440. The maximum Gasteiger partial charge on any atom is 0.339 e. The summed E-state index contributed by atoms with van der Waals surface area (Å²) in [4.78, 5) is 22.3. The van der Waals surface area contributed by atoms with Crippen LogP contribution < -0.4 is 20.7 Å². The largest absolute Gasteiger partial charge is 0.497 e. The Morgan fingerprint density at radius 1 is 1.11 bits per heavy atom. The van der Waals surface area contributed by atoms with Gasteiger partial charge in [-0.1, -0.05) is 18.2 Å². The lowest BCUT2D eigenvalue weighted by Gasteiger charge is -2.23. The summed E-state index contributed by atoms with van der Waals surface area (Å²) < 4.78 is 10.1. The second kappa shape index (κ2) is 8.26. The predicted octanol–water partition coefficient (Wildman–Crippen LogP) is 3.37. The number of ether oxygens (including phenoxy) is 2. The number of carbonyl (C=O) groups excluding carboxylic acids is 1. The first-order chi connectivity index (χ1) is 13.5. The lowest BCUT2D eigenvalue weighted by Crippen LogP contribution is -2.18. The van der Waals surface area contributed by atoms with Crippen LogP contribution >= 0.6 is 0 Å². The van der Waals surface area contributed by atoms with Crippen LogP contribution in [0.25, 0.3) is 0 Å². The molecule has 1 aromatic heterocycles. The molecule has 8 heteroatoms. The van der Waals surface area contributed by atoms with E-state index in [1.165, 1.54) is 13.4 Å². The number of nitrogens with zero attached hydrogens (tertiary/aromatic N) is 3. The number of esters is 1. The van der Waals surface area contributed by atoms with Crippen LogP contribution in [0.3, 0.4) is 0 Å². The Bertz CT molecular complexity index is 993. The summed E-state index contributed by atoms with van der Waals surface area (Å²) >= 11 is 0. The average Bonchev–Trinajstić information content (AvgIpc) is 2.74. The summed E-state index contributed by atoms with van der Waals surface area (Å²) in [6, 6.07) is 14.5. The van der Waals surface area contributed by atoms with Gasteiger partial charge >= 0.3 is 5.97 Å². The number of nitrogen functional groups attached to an aromatic ring is 1. The molecule has 0 aliphatic carbocycles. The van der Waals surface area contributed by atoms with Gasteiger partial charge < -0.3 is 25.4 Å². The Balaban J connectivity index is 1.96. The zero-order chi connectivity index (χ0) is 20.1. The molecular formula is C20H21N5O3. The third-order valence-electron chi connectivity index (χ3n) is 4.18. The molecule has 0 saturated carbocycles. The number of hydrogen-bond acceptors (Lipinski definition) is 8. The van der Waals surface area contributed by atoms with E-state index < -0.39 is 5.97 Å². The van der Waals surface area contributed by atoms with Crippen molar-refractivity contribution >= 4 is 34.7 Å². The molecule has 0 saturated heterocycles. The summed E-state index contributed by atoms with van der Waals surface area (Å²) in [7, 11) is 4.72. The number of rotatable bonds is 6. The van der Waals surface area contributed by atoms with E-state index in [0.29, 0.717) is 34.3 Å². The Labute approximate surface area is 162 Å². The first-order valence-electron chi connectivity index (χ1n) is 8.47. The van der Waals surface area contributed by atoms with Crippen molar-refractivity contribution in [2.45, 2.75) is 0 Å². The molecule has 3 aromatic rings. The second-order valence-corrected chi connectivity index (χ2v) is 5.88. The molecular weight excluding hydrogens is 358 g/mol. The third kappa shape index (κ3) is 3.80. The van der Waals surface area contributed by atoms with Crippen molar-refractivity contribution in [3.8, 4) is 5.75 Å². The maximum absolute atomic E-state index is 12.1. The Kier molecular flexibility index (Phi) is 5.59. The normalized spacial score (nSPS) is 10.2. The molecule has 1 heterocycles. The molecule has 0 fully saturated rings. The highest BCUT2D eigenvalue weighted by molar-refractivity contribution is 5.97. The number of nitrogens with one attached hydrogen (secondary N) is 1. The van der Waals surface area contributed by atoms with Crippen molar-refractivity contribution in [1.29, 1.82) is 0 Å². The van der Waals surface area contributed by atoms with Gasteiger partial charge in [0.15, 0.2) is 11.6 Å². The van der Waals surface area contributed by atoms with Gasteiger partial charge in [-0.15, -0.1) is 0 Å². The van der Waals surface area contributed by atoms with Gasteiger partial charge in [-0.2, -0.15) is 0 Å². The van der Waals surface area contributed by atoms with E-state index in [2.05, 4.69) is 15.3 Å². The van der Waals surface area contributed by atoms with Crippen molar-refractivity contribution in [3.63, 3.8) is 0 Å². The van der Waals surface area contributed by atoms with Gasteiger partial charge in [0.2, 0.25) is 0 Å². The first kappa shape index (κ1) is 19.0. The van der Waals surface area contributed by atoms with Gasteiger partial charge in [-0.25, -0.2) is 14.8 Å². The molecule has 8 nitrogen and oxygen atoms in total. The number of anilines is 5. The van der Waals surface area contributed by atoms with Crippen LogP contribution in [0.4, 0.5) is 28.7 Å². The first-order valence-corrected chi connectivity index (χ1v) is 8.47. The van der Waals surface area contributed by atoms with Crippen molar-refractivity contribution < 1.29 is 14.3 Å². The molecule has 0 spiro atoms. The van der Waals surface area contributed by atoms with E-state index in [0.717, 1.165) is 5.69 Å². The number of hydrogen-bond donors (Lipinski definition) is 2. The Morgan fingerprint density at radius 3 is 2.64 bits per heavy atom. The summed E-state index contributed by atoms with van der Waals surface area (Å²) in [5.74, 6) is 1.17. The number of methoxy groups -OCH3 is 2. The van der Waals surface area contributed by atoms with Gasteiger partial charge in [-0.05, 0) is 24.3 Å². The van der Waals surface area contributed by atoms with E-state index in [1.54, 1.807) is 37.3 Å². The quantitative estimate of drug-likeness (QED) is 0.629. The minimum Gasteiger partial charge on any atom is -0.497 e. The SMILES string of the molecule is COC(=O)c1ccccc1N(C)c1ncnc(Nc2cccc(OC)c2)c1N. The third-order valence-corrected chi connectivity index (χ3v) is 4.18. The van der Waals surface area contributed by atoms with Crippen LogP contribution in [0.5, 0.6) is 5.75 Å². The van der Waals surface area contributed by atoms with E-state index in [9.17, 15) is 4.79 Å². The molecule has 2 aromatic carbocycles. The molecule has 0 unspecified atom stereocenters. The van der Waals surface area contributed by atoms with Crippen LogP contribution in [0.15, 0.2) is 54.9 Å². The molecule has 0 amide bonds. The highest BCUT2D eigenvalue weighted by Crippen LogP contribution is 2.34. The predicted molar refractivity (Wildman–Crippen MR) is 109 cm³/mol. The van der Waals surface area contributed by atoms with E-state index in [1.807, 2.05) is 30.3 Å². The van der Waals surface area contributed by atoms with E-state index in [-0.39, 0.29) is 0 Å². The summed E-state index contributed by atoms with van der Waals surface area (Å²) in [6.45, 7) is 0. The van der Waals surface area contributed by atoms with Crippen LogP contribution in [-0.2, 0) is 4.74 Å².